The molecule has 0 aromatic heterocycles. The molecular formula is C17H21NO. The number of hydrogen-bond acceptors (Lipinski definition) is 1. The van der Waals surface area contributed by atoms with Crippen molar-refractivity contribution in [2.45, 2.75) is 39.7 Å². The van der Waals surface area contributed by atoms with Crippen LogP contribution in [0.2, 0.25) is 0 Å². The van der Waals surface area contributed by atoms with Crippen LogP contribution >= 0.6 is 0 Å². The zero-order valence-corrected chi connectivity index (χ0v) is 12.0. The third-order valence-corrected chi connectivity index (χ3v) is 3.23. The monoisotopic (exact) mass is 255 g/mol. The summed E-state index contributed by atoms with van der Waals surface area (Å²) in [5.41, 5.74) is 1.93. The average molecular weight is 255 g/mol. The Morgan fingerprint density at radius 3 is 2.32 bits per heavy atom. The Labute approximate surface area is 114 Å². The number of amides is 1. The molecule has 0 unspecified atom stereocenters. The van der Waals surface area contributed by atoms with Crippen LogP contribution in [0.1, 0.15) is 49.5 Å². The molecule has 0 fully saturated rings. The van der Waals surface area contributed by atoms with Crippen molar-refractivity contribution in [2.75, 3.05) is 0 Å². The smallest absolute Gasteiger partial charge is 0.252 e. The van der Waals surface area contributed by atoms with E-state index in [0.717, 1.165) is 21.9 Å². The van der Waals surface area contributed by atoms with Crippen molar-refractivity contribution < 1.29 is 4.79 Å². The van der Waals surface area contributed by atoms with Gasteiger partial charge in [-0.1, -0.05) is 50.2 Å². The van der Waals surface area contributed by atoms with Crippen molar-refractivity contribution in [1.82, 2.24) is 5.32 Å². The molecule has 0 radical (unpaired) electrons. The third-order valence-electron chi connectivity index (χ3n) is 3.23. The first kappa shape index (κ1) is 13.6. The maximum Gasteiger partial charge on any atom is 0.252 e. The molecule has 2 heteroatoms. The molecule has 2 aromatic carbocycles. The van der Waals surface area contributed by atoms with Gasteiger partial charge >= 0.3 is 0 Å². The SMILES string of the molecule is CC(C)NC(=O)c1c(C(C)C)ccc2ccccc12. The Bertz CT molecular complexity index is 599. The van der Waals surface area contributed by atoms with Crippen molar-refractivity contribution in [3.05, 3.63) is 47.5 Å². The van der Waals surface area contributed by atoms with E-state index < -0.39 is 0 Å². The van der Waals surface area contributed by atoms with Crippen LogP contribution in [0.15, 0.2) is 36.4 Å². The number of benzene rings is 2. The third kappa shape index (κ3) is 2.78. The van der Waals surface area contributed by atoms with E-state index >= 15 is 0 Å². The van der Waals surface area contributed by atoms with Gasteiger partial charge in [-0.15, -0.1) is 0 Å². The van der Waals surface area contributed by atoms with Crippen LogP contribution in [0.5, 0.6) is 0 Å². The Balaban J connectivity index is 2.65. The number of carbonyl (C=O) groups excluding carboxylic acids is 1. The van der Waals surface area contributed by atoms with E-state index in [1.807, 2.05) is 38.1 Å². The van der Waals surface area contributed by atoms with Gasteiger partial charge in [0.15, 0.2) is 0 Å². The number of nitrogens with one attached hydrogen (secondary N) is 1. The molecule has 0 saturated carbocycles. The summed E-state index contributed by atoms with van der Waals surface area (Å²) in [5.74, 6) is 0.355. The molecule has 0 bridgehead atoms. The normalized spacial score (nSPS) is 11.3. The van der Waals surface area contributed by atoms with E-state index in [1.54, 1.807) is 0 Å². The second kappa shape index (κ2) is 5.43. The van der Waals surface area contributed by atoms with Gasteiger partial charge in [-0.3, -0.25) is 4.79 Å². The molecule has 2 nitrogen and oxygen atoms in total. The highest BCUT2D eigenvalue weighted by molar-refractivity contribution is 6.08. The summed E-state index contributed by atoms with van der Waals surface area (Å²) < 4.78 is 0. The minimum atomic E-state index is 0.0236. The molecule has 2 rings (SSSR count). The number of fused-ring (bicyclic) bond motifs is 1. The van der Waals surface area contributed by atoms with Crippen molar-refractivity contribution in [3.8, 4) is 0 Å². The Hall–Kier alpha value is -1.83. The Morgan fingerprint density at radius 2 is 1.68 bits per heavy atom. The van der Waals surface area contributed by atoms with Crippen molar-refractivity contribution in [1.29, 1.82) is 0 Å². The lowest BCUT2D eigenvalue weighted by Gasteiger charge is -2.17. The molecule has 0 aliphatic rings. The predicted molar refractivity (Wildman–Crippen MR) is 80.6 cm³/mol. The van der Waals surface area contributed by atoms with Gasteiger partial charge in [0.1, 0.15) is 0 Å². The molecule has 0 aliphatic carbocycles. The van der Waals surface area contributed by atoms with Gasteiger partial charge in [-0.2, -0.15) is 0 Å². The van der Waals surface area contributed by atoms with Gasteiger partial charge in [0, 0.05) is 6.04 Å². The summed E-state index contributed by atoms with van der Waals surface area (Å²) in [7, 11) is 0. The van der Waals surface area contributed by atoms with E-state index in [1.165, 1.54) is 0 Å². The lowest BCUT2D eigenvalue weighted by Crippen LogP contribution is -2.31. The van der Waals surface area contributed by atoms with E-state index in [-0.39, 0.29) is 11.9 Å². The second-order valence-electron chi connectivity index (χ2n) is 5.53. The van der Waals surface area contributed by atoms with Gasteiger partial charge in [-0.25, -0.2) is 0 Å². The highest BCUT2D eigenvalue weighted by Gasteiger charge is 2.17. The molecule has 0 saturated heterocycles. The standard InChI is InChI=1S/C17H21NO/c1-11(2)14-10-9-13-7-5-6-8-15(13)16(14)17(19)18-12(3)4/h5-12H,1-4H3,(H,18,19). The minimum Gasteiger partial charge on any atom is -0.350 e. The summed E-state index contributed by atoms with van der Waals surface area (Å²) >= 11 is 0. The molecule has 0 atom stereocenters. The molecule has 0 aliphatic heterocycles. The highest BCUT2D eigenvalue weighted by atomic mass is 16.1. The molecule has 1 N–H and O–H groups in total. The van der Waals surface area contributed by atoms with Crippen molar-refractivity contribution in [3.63, 3.8) is 0 Å². The lowest BCUT2D eigenvalue weighted by molar-refractivity contribution is 0.0943. The van der Waals surface area contributed by atoms with E-state index in [9.17, 15) is 4.79 Å². The molecule has 19 heavy (non-hydrogen) atoms. The zero-order chi connectivity index (χ0) is 14.0. The summed E-state index contributed by atoms with van der Waals surface area (Å²) in [6.07, 6.45) is 0. The van der Waals surface area contributed by atoms with Crippen LogP contribution in [0.3, 0.4) is 0 Å². The van der Waals surface area contributed by atoms with E-state index in [4.69, 9.17) is 0 Å². The van der Waals surface area contributed by atoms with Crippen LogP contribution in [0.25, 0.3) is 10.8 Å². The number of rotatable bonds is 3. The quantitative estimate of drug-likeness (QED) is 0.879. The Morgan fingerprint density at radius 1 is 1.00 bits per heavy atom. The van der Waals surface area contributed by atoms with Gasteiger partial charge in [-0.05, 0) is 36.1 Å². The highest BCUT2D eigenvalue weighted by Crippen LogP contribution is 2.27. The molecule has 1 amide bonds. The van der Waals surface area contributed by atoms with Gasteiger partial charge < -0.3 is 5.32 Å². The first-order valence-electron chi connectivity index (χ1n) is 6.83. The molecule has 0 spiro atoms. The van der Waals surface area contributed by atoms with Gasteiger partial charge in [0.25, 0.3) is 5.91 Å². The largest absolute Gasteiger partial charge is 0.350 e. The average Bonchev–Trinajstić information content (AvgIpc) is 2.36. The van der Waals surface area contributed by atoms with Crippen LogP contribution < -0.4 is 5.32 Å². The first-order chi connectivity index (χ1) is 9.00. The predicted octanol–water partition coefficient (Wildman–Crippen LogP) is 4.10. The minimum absolute atomic E-state index is 0.0236. The molecule has 100 valence electrons. The molecule has 2 aromatic rings. The van der Waals surface area contributed by atoms with Gasteiger partial charge in [0.2, 0.25) is 0 Å². The zero-order valence-electron chi connectivity index (χ0n) is 12.0. The Kier molecular flexibility index (Phi) is 3.89. The maximum absolute atomic E-state index is 12.5. The summed E-state index contributed by atoms with van der Waals surface area (Å²) in [5, 5.41) is 5.15. The fourth-order valence-electron chi connectivity index (χ4n) is 2.36. The second-order valence-corrected chi connectivity index (χ2v) is 5.53. The topological polar surface area (TPSA) is 29.1 Å². The molecule has 0 heterocycles. The molecular weight excluding hydrogens is 234 g/mol. The summed E-state index contributed by atoms with van der Waals surface area (Å²) in [6, 6.07) is 12.4. The lowest BCUT2D eigenvalue weighted by atomic mass is 9.91. The maximum atomic E-state index is 12.5. The fraction of sp³-hybridized carbons (Fsp3) is 0.353. The van der Waals surface area contributed by atoms with Crippen LogP contribution in [0.4, 0.5) is 0 Å². The first-order valence-corrected chi connectivity index (χ1v) is 6.83. The fourth-order valence-corrected chi connectivity index (χ4v) is 2.36. The number of hydrogen-bond donors (Lipinski definition) is 1. The van der Waals surface area contributed by atoms with Crippen molar-refractivity contribution >= 4 is 16.7 Å². The van der Waals surface area contributed by atoms with Crippen LogP contribution in [-0.4, -0.2) is 11.9 Å². The summed E-state index contributed by atoms with van der Waals surface area (Å²) in [6.45, 7) is 8.21. The van der Waals surface area contributed by atoms with Gasteiger partial charge in [0.05, 0.1) is 5.56 Å². The summed E-state index contributed by atoms with van der Waals surface area (Å²) in [4.78, 5) is 12.5. The van der Waals surface area contributed by atoms with Crippen LogP contribution in [-0.2, 0) is 0 Å². The van der Waals surface area contributed by atoms with Crippen LogP contribution in [0, 0.1) is 0 Å². The number of carbonyl (C=O) groups is 1. The van der Waals surface area contributed by atoms with E-state index in [2.05, 4.69) is 31.3 Å². The van der Waals surface area contributed by atoms with Crippen molar-refractivity contribution in [2.24, 2.45) is 0 Å². The van der Waals surface area contributed by atoms with E-state index in [0.29, 0.717) is 5.92 Å².